The van der Waals surface area contributed by atoms with Crippen LogP contribution in [0.15, 0.2) is 61.4 Å². The predicted octanol–water partition coefficient (Wildman–Crippen LogP) is 3.00. The standard InChI is InChI=1S/C11H14O/c1-3-4-5-6-7-8-9-10-11-12-2/h3-11H,1H2,2H3/b5-4+,7-6+,9-8+,11-10+. The molecule has 1 heteroatoms. The van der Waals surface area contributed by atoms with Gasteiger partial charge in [-0.05, 0) is 6.08 Å². The van der Waals surface area contributed by atoms with E-state index in [1.165, 1.54) is 0 Å². The molecular weight excluding hydrogens is 148 g/mol. The first-order valence-corrected chi connectivity index (χ1v) is 3.72. The number of hydrogen-bond donors (Lipinski definition) is 0. The molecule has 12 heavy (non-hydrogen) atoms. The maximum Gasteiger partial charge on any atom is 0.0824 e. The largest absolute Gasteiger partial charge is 0.504 e. The molecule has 0 amide bonds. The van der Waals surface area contributed by atoms with Crippen LogP contribution in [0.25, 0.3) is 0 Å². The van der Waals surface area contributed by atoms with E-state index in [4.69, 9.17) is 4.74 Å². The van der Waals surface area contributed by atoms with Gasteiger partial charge in [-0.2, -0.15) is 0 Å². The van der Waals surface area contributed by atoms with Crippen LogP contribution in [-0.2, 0) is 4.74 Å². The number of allylic oxidation sites excluding steroid dienone is 8. The predicted molar refractivity (Wildman–Crippen MR) is 53.8 cm³/mol. The summed E-state index contributed by atoms with van der Waals surface area (Å²) in [5, 5.41) is 0. The molecule has 0 spiro atoms. The van der Waals surface area contributed by atoms with Crippen molar-refractivity contribution in [2.24, 2.45) is 0 Å². The van der Waals surface area contributed by atoms with Crippen molar-refractivity contribution < 1.29 is 4.74 Å². The zero-order valence-corrected chi connectivity index (χ0v) is 7.31. The summed E-state index contributed by atoms with van der Waals surface area (Å²) in [6, 6.07) is 0. The molecule has 0 rings (SSSR count). The van der Waals surface area contributed by atoms with Crippen molar-refractivity contribution in [3.05, 3.63) is 61.4 Å². The molecular formula is C11H14O. The normalized spacial score (nSPS) is 12.4. The highest BCUT2D eigenvalue weighted by Gasteiger charge is 1.62. The molecule has 64 valence electrons. The van der Waals surface area contributed by atoms with E-state index in [0.717, 1.165) is 0 Å². The molecule has 0 saturated heterocycles. The monoisotopic (exact) mass is 162 g/mol. The second-order valence-corrected chi connectivity index (χ2v) is 1.95. The van der Waals surface area contributed by atoms with Crippen LogP contribution < -0.4 is 0 Å². The maximum atomic E-state index is 4.70. The Morgan fingerprint density at radius 1 is 0.833 bits per heavy atom. The summed E-state index contributed by atoms with van der Waals surface area (Å²) in [5.74, 6) is 0. The van der Waals surface area contributed by atoms with Crippen LogP contribution in [0.3, 0.4) is 0 Å². The van der Waals surface area contributed by atoms with Gasteiger partial charge in [0.2, 0.25) is 0 Å². The molecule has 0 aliphatic heterocycles. The molecule has 0 fully saturated rings. The summed E-state index contributed by atoms with van der Waals surface area (Å²) in [5.41, 5.74) is 0. The van der Waals surface area contributed by atoms with Gasteiger partial charge < -0.3 is 4.74 Å². The van der Waals surface area contributed by atoms with Gasteiger partial charge in [-0.1, -0.05) is 49.1 Å². The molecule has 0 unspecified atom stereocenters. The van der Waals surface area contributed by atoms with E-state index in [1.54, 1.807) is 19.4 Å². The van der Waals surface area contributed by atoms with Crippen LogP contribution in [0.2, 0.25) is 0 Å². The first-order valence-electron chi connectivity index (χ1n) is 3.72. The summed E-state index contributed by atoms with van der Waals surface area (Å²) in [6.45, 7) is 3.55. The fourth-order valence-corrected chi connectivity index (χ4v) is 0.523. The van der Waals surface area contributed by atoms with Crippen molar-refractivity contribution >= 4 is 0 Å². The highest BCUT2D eigenvalue weighted by atomic mass is 16.5. The Hall–Kier alpha value is -1.50. The Bertz CT molecular complexity index is 207. The highest BCUT2D eigenvalue weighted by Crippen LogP contribution is 1.82. The number of ether oxygens (including phenoxy) is 1. The molecule has 0 atom stereocenters. The van der Waals surface area contributed by atoms with Gasteiger partial charge in [0.05, 0.1) is 13.4 Å². The van der Waals surface area contributed by atoms with Gasteiger partial charge in [-0.25, -0.2) is 0 Å². The molecule has 0 saturated carbocycles. The topological polar surface area (TPSA) is 9.23 Å². The van der Waals surface area contributed by atoms with Crippen molar-refractivity contribution in [1.29, 1.82) is 0 Å². The molecule has 0 aromatic carbocycles. The maximum absolute atomic E-state index is 4.70. The average Bonchev–Trinajstić information content (AvgIpc) is 2.10. The Morgan fingerprint density at radius 3 is 1.83 bits per heavy atom. The molecule has 0 aliphatic rings. The number of hydrogen-bond acceptors (Lipinski definition) is 1. The van der Waals surface area contributed by atoms with Crippen molar-refractivity contribution in [1.82, 2.24) is 0 Å². The minimum Gasteiger partial charge on any atom is -0.504 e. The van der Waals surface area contributed by atoms with Gasteiger partial charge in [0.1, 0.15) is 0 Å². The van der Waals surface area contributed by atoms with Gasteiger partial charge in [-0.15, -0.1) is 0 Å². The van der Waals surface area contributed by atoms with E-state index < -0.39 is 0 Å². The van der Waals surface area contributed by atoms with Gasteiger partial charge in [0.15, 0.2) is 0 Å². The third-order valence-electron chi connectivity index (χ3n) is 1.02. The van der Waals surface area contributed by atoms with Crippen molar-refractivity contribution in [3.8, 4) is 0 Å². The first-order chi connectivity index (χ1) is 5.91. The van der Waals surface area contributed by atoms with Crippen LogP contribution in [0.1, 0.15) is 0 Å². The lowest BCUT2D eigenvalue weighted by Crippen LogP contribution is -1.60. The molecule has 0 aromatic heterocycles. The lowest BCUT2D eigenvalue weighted by Gasteiger charge is -1.79. The SMILES string of the molecule is C=C/C=C/C=C/C=C/C=C/OC. The highest BCUT2D eigenvalue weighted by molar-refractivity contribution is 5.16. The van der Waals surface area contributed by atoms with Gasteiger partial charge >= 0.3 is 0 Å². The lowest BCUT2D eigenvalue weighted by atomic mass is 10.4. The van der Waals surface area contributed by atoms with Crippen LogP contribution >= 0.6 is 0 Å². The molecule has 0 aromatic rings. The second-order valence-electron chi connectivity index (χ2n) is 1.95. The van der Waals surface area contributed by atoms with Crippen LogP contribution in [0.4, 0.5) is 0 Å². The van der Waals surface area contributed by atoms with E-state index in [2.05, 4.69) is 6.58 Å². The summed E-state index contributed by atoms with van der Waals surface area (Å²) in [6.07, 6.45) is 16.6. The van der Waals surface area contributed by atoms with E-state index in [0.29, 0.717) is 0 Å². The van der Waals surface area contributed by atoms with Crippen molar-refractivity contribution in [3.63, 3.8) is 0 Å². The van der Waals surface area contributed by atoms with Crippen LogP contribution in [0, 0.1) is 0 Å². The Balaban J connectivity index is 3.58. The van der Waals surface area contributed by atoms with Crippen LogP contribution in [0.5, 0.6) is 0 Å². The Morgan fingerprint density at radius 2 is 1.33 bits per heavy atom. The molecule has 0 aliphatic carbocycles. The zero-order chi connectivity index (χ0) is 9.07. The smallest absolute Gasteiger partial charge is 0.0824 e. The molecule has 1 nitrogen and oxygen atoms in total. The zero-order valence-electron chi connectivity index (χ0n) is 7.31. The Labute approximate surface area is 74.1 Å². The number of methoxy groups -OCH3 is 1. The van der Waals surface area contributed by atoms with Gasteiger partial charge in [-0.3, -0.25) is 0 Å². The van der Waals surface area contributed by atoms with Crippen molar-refractivity contribution in [2.75, 3.05) is 7.11 Å². The molecule has 0 radical (unpaired) electrons. The minimum absolute atomic E-state index is 1.62. The summed E-state index contributed by atoms with van der Waals surface area (Å²) < 4.78 is 4.70. The molecule has 0 heterocycles. The fraction of sp³-hybridized carbons (Fsp3) is 0.0909. The van der Waals surface area contributed by atoms with Gasteiger partial charge in [0.25, 0.3) is 0 Å². The second kappa shape index (κ2) is 9.50. The van der Waals surface area contributed by atoms with Crippen LogP contribution in [-0.4, -0.2) is 7.11 Å². The third kappa shape index (κ3) is 8.50. The molecule has 0 N–H and O–H groups in total. The average molecular weight is 162 g/mol. The quantitative estimate of drug-likeness (QED) is 0.446. The molecule has 0 bridgehead atoms. The van der Waals surface area contributed by atoms with E-state index in [1.807, 2.05) is 42.5 Å². The summed E-state index contributed by atoms with van der Waals surface area (Å²) in [7, 11) is 1.62. The summed E-state index contributed by atoms with van der Waals surface area (Å²) >= 11 is 0. The van der Waals surface area contributed by atoms with Gasteiger partial charge in [0, 0.05) is 0 Å². The first kappa shape index (κ1) is 10.5. The number of rotatable bonds is 5. The van der Waals surface area contributed by atoms with E-state index in [-0.39, 0.29) is 0 Å². The Kier molecular flexibility index (Phi) is 8.31. The fourth-order valence-electron chi connectivity index (χ4n) is 0.523. The van der Waals surface area contributed by atoms with Crippen molar-refractivity contribution in [2.45, 2.75) is 0 Å². The van der Waals surface area contributed by atoms with E-state index in [9.17, 15) is 0 Å². The van der Waals surface area contributed by atoms with E-state index >= 15 is 0 Å². The minimum atomic E-state index is 1.62. The summed E-state index contributed by atoms with van der Waals surface area (Å²) in [4.78, 5) is 0. The third-order valence-corrected chi connectivity index (χ3v) is 1.02. The lowest BCUT2D eigenvalue weighted by molar-refractivity contribution is 0.338.